The largest absolute Gasteiger partial charge is 0.480 e. The van der Waals surface area contributed by atoms with E-state index in [0.29, 0.717) is 10.6 Å². The van der Waals surface area contributed by atoms with Crippen LogP contribution in [0.1, 0.15) is 15.2 Å². The number of amides is 1. The Balaban J connectivity index is 2.11. The Kier molecular flexibility index (Phi) is 6.42. The summed E-state index contributed by atoms with van der Waals surface area (Å²) in [7, 11) is 0. The molecule has 1 heterocycles. The maximum Gasteiger partial charge on any atom is 0.322 e. The van der Waals surface area contributed by atoms with E-state index in [1.807, 2.05) is 37.3 Å². The first-order valence-electron chi connectivity index (χ1n) is 8.54. The minimum Gasteiger partial charge on any atom is -0.480 e. The molecular formula is C20H18N2O5S2. The van der Waals surface area contributed by atoms with Gasteiger partial charge in [-0.15, -0.1) is 11.3 Å². The summed E-state index contributed by atoms with van der Waals surface area (Å²) >= 11 is -1.33. The van der Waals surface area contributed by atoms with E-state index in [4.69, 9.17) is 5.11 Å². The molecule has 9 heteroatoms. The summed E-state index contributed by atoms with van der Waals surface area (Å²) in [6.45, 7) is 1.34. The molecule has 3 N–H and O–H groups in total. The van der Waals surface area contributed by atoms with Gasteiger partial charge in [0.2, 0.25) is 0 Å². The van der Waals surface area contributed by atoms with Crippen molar-refractivity contribution >= 4 is 45.9 Å². The minimum absolute atomic E-state index is 0.146. The standard InChI is InChI=1S/C20H18N2O5S2/c1-13-7-9-15(10-8-13)22(29(26)27)16-11-17(14-5-3-2-4-6-14)28-19(16)20(25)21-12-18(23)24/h2-11H,12H2,1H3,(H,21,25)(H,23,24)(H,26,27). The quantitative estimate of drug-likeness (QED) is 0.494. The van der Waals surface area contributed by atoms with Gasteiger partial charge in [0.05, 0.1) is 11.4 Å². The fourth-order valence-corrected chi connectivity index (χ4v) is 4.41. The third kappa shape index (κ3) is 4.89. The highest BCUT2D eigenvalue weighted by atomic mass is 32.2. The zero-order chi connectivity index (χ0) is 21.0. The smallest absolute Gasteiger partial charge is 0.322 e. The second-order valence-corrected chi connectivity index (χ2v) is 8.01. The number of aryl methyl sites for hydroxylation is 1. The number of nitrogens with one attached hydrogen (secondary N) is 1. The zero-order valence-corrected chi connectivity index (χ0v) is 17.0. The van der Waals surface area contributed by atoms with Gasteiger partial charge in [0, 0.05) is 4.88 Å². The van der Waals surface area contributed by atoms with Crippen molar-refractivity contribution in [1.82, 2.24) is 5.32 Å². The number of hydrogen-bond acceptors (Lipinski definition) is 4. The van der Waals surface area contributed by atoms with Crippen LogP contribution in [-0.4, -0.2) is 32.3 Å². The molecule has 0 radical (unpaired) electrons. The summed E-state index contributed by atoms with van der Waals surface area (Å²) in [5, 5.41) is 11.2. The van der Waals surface area contributed by atoms with Gasteiger partial charge >= 0.3 is 5.97 Å². The molecule has 0 spiro atoms. The van der Waals surface area contributed by atoms with Gasteiger partial charge in [-0.25, -0.2) is 8.51 Å². The molecular weight excluding hydrogens is 412 g/mol. The monoisotopic (exact) mass is 430 g/mol. The van der Waals surface area contributed by atoms with Crippen molar-refractivity contribution in [2.75, 3.05) is 10.8 Å². The maximum absolute atomic E-state index is 12.7. The van der Waals surface area contributed by atoms with Crippen LogP contribution in [0.3, 0.4) is 0 Å². The summed E-state index contributed by atoms with van der Waals surface area (Å²) in [6.07, 6.45) is 0. The fraction of sp³-hybridized carbons (Fsp3) is 0.100. The lowest BCUT2D eigenvalue weighted by atomic mass is 10.2. The average Bonchev–Trinajstić information content (AvgIpc) is 3.13. The van der Waals surface area contributed by atoms with E-state index in [-0.39, 0.29) is 10.6 Å². The molecule has 1 atom stereocenters. The lowest BCUT2D eigenvalue weighted by molar-refractivity contribution is -0.135. The molecule has 0 aliphatic carbocycles. The lowest BCUT2D eigenvalue weighted by Crippen LogP contribution is -2.30. The predicted molar refractivity (Wildman–Crippen MR) is 114 cm³/mol. The van der Waals surface area contributed by atoms with E-state index in [0.717, 1.165) is 26.8 Å². The second-order valence-electron chi connectivity index (χ2n) is 6.13. The number of carboxylic acids is 1. The van der Waals surface area contributed by atoms with Crippen LogP contribution < -0.4 is 9.62 Å². The summed E-state index contributed by atoms with van der Waals surface area (Å²) in [4.78, 5) is 24.3. The highest BCUT2D eigenvalue weighted by Crippen LogP contribution is 2.40. The molecule has 3 aromatic rings. The predicted octanol–water partition coefficient (Wildman–Crippen LogP) is 3.81. The summed E-state index contributed by atoms with van der Waals surface area (Å²) in [6, 6.07) is 17.9. The second kappa shape index (κ2) is 8.99. The van der Waals surface area contributed by atoms with Crippen LogP contribution in [0.15, 0.2) is 60.7 Å². The zero-order valence-electron chi connectivity index (χ0n) is 15.4. The highest BCUT2D eigenvalue weighted by Gasteiger charge is 2.26. The van der Waals surface area contributed by atoms with Crippen LogP contribution >= 0.6 is 11.3 Å². The Labute approximate surface area is 174 Å². The van der Waals surface area contributed by atoms with E-state index in [2.05, 4.69) is 5.32 Å². The van der Waals surface area contributed by atoms with Crippen LogP contribution in [-0.2, 0) is 16.1 Å². The average molecular weight is 431 g/mol. The molecule has 0 fully saturated rings. The third-order valence-corrected chi connectivity index (χ3v) is 5.91. The number of aliphatic carboxylic acids is 1. The van der Waals surface area contributed by atoms with Crippen molar-refractivity contribution in [1.29, 1.82) is 0 Å². The number of hydrogen-bond donors (Lipinski definition) is 3. The molecule has 1 aromatic heterocycles. The molecule has 0 saturated carbocycles. The number of carbonyl (C=O) groups excluding carboxylic acids is 1. The summed E-state index contributed by atoms with van der Waals surface area (Å²) in [5.74, 6) is -1.81. The molecule has 0 aliphatic heterocycles. The van der Waals surface area contributed by atoms with Gasteiger partial charge in [0.25, 0.3) is 17.2 Å². The van der Waals surface area contributed by atoms with Gasteiger partial charge in [-0.1, -0.05) is 48.0 Å². The number of thiophene rings is 1. The molecule has 0 bridgehead atoms. The molecule has 2 aromatic carbocycles. The molecule has 0 aliphatic rings. The van der Waals surface area contributed by atoms with E-state index >= 15 is 0 Å². The van der Waals surface area contributed by atoms with Gasteiger partial charge in [-0.3, -0.25) is 14.1 Å². The van der Waals surface area contributed by atoms with Gasteiger partial charge < -0.3 is 10.4 Å². The van der Waals surface area contributed by atoms with Crippen LogP contribution in [0, 0.1) is 6.92 Å². The topological polar surface area (TPSA) is 107 Å². The Morgan fingerprint density at radius 1 is 1.10 bits per heavy atom. The molecule has 1 amide bonds. The normalized spacial score (nSPS) is 11.7. The van der Waals surface area contributed by atoms with Gasteiger partial charge in [-0.2, -0.15) is 0 Å². The van der Waals surface area contributed by atoms with E-state index in [1.165, 1.54) is 0 Å². The van der Waals surface area contributed by atoms with Crippen molar-refractivity contribution in [3.05, 3.63) is 71.1 Å². The first kappa shape index (κ1) is 20.7. The molecule has 150 valence electrons. The number of anilines is 2. The maximum atomic E-state index is 12.7. The summed E-state index contributed by atoms with van der Waals surface area (Å²) < 4.78 is 23.3. The Morgan fingerprint density at radius 3 is 2.34 bits per heavy atom. The number of carboxylic acid groups (broad SMARTS) is 1. The number of benzene rings is 2. The van der Waals surface area contributed by atoms with Crippen LogP contribution in [0.4, 0.5) is 11.4 Å². The molecule has 29 heavy (non-hydrogen) atoms. The molecule has 1 unspecified atom stereocenters. The van der Waals surface area contributed by atoms with Crippen molar-refractivity contribution in [2.45, 2.75) is 6.92 Å². The van der Waals surface area contributed by atoms with E-state index in [1.54, 1.807) is 30.3 Å². The summed E-state index contributed by atoms with van der Waals surface area (Å²) in [5.41, 5.74) is 2.47. The van der Waals surface area contributed by atoms with Crippen LogP contribution in [0.25, 0.3) is 10.4 Å². The van der Waals surface area contributed by atoms with E-state index < -0.39 is 29.7 Å². The molecule has 3 rings (SSSR count). The Morgan fingerprint density at radius 2 is 1.76 bits per heavy atom. The molecule has 7 nitrogen and oxygen atoms in total. The van der Waals surface area contributed by atoms with Gasteiger partial charge in [-0.05, 0) is 30.7 Å². The van der Waals surface area contributed by atoms with E-state index in [9.17, 15) is 18.4 Å². The van der Waals surface area contributed by atoms with Crippen LogP contribution in [0.2, 0.25) is 0 Å². The number of nitrogens with zero attached hydrogens (tertiary/aromatic N) is 1. The third-order valence-electron chi connectivity index (χ3n) is 4.02. The molecule has 0 saturated heterocycles. The fourth-order valence-electron chi connectivity index (χ4n) is 2.67. The number of rotatable bonds is 7. The van der Waals surface area contributed by atoms with Crippen LogP contribution in [0.5, 0.6) is 0 Å². The first-order valence-corrected chi connectivity index (χ1v) is 10.4. The highest BCUT2D eigenvalue weighted by molar-refractivity contribution is 7.81. The Bertz CT molecular complexity index is 1050. The van der Waals surface area contributed by atoms with Crippen molar-refractivity contribution in [3.8, 4) is 10.4 Å². The Hall–Kier alpha value is -3.01. The van der Waals surface area contributed by atoms with Gasteiger partial charge in [0.15, 0.2) is 0 Å². The van der Waals surface area contributed by atoms with Crippen molar-refractivity contribution < 1.29 is 23.5 Å². The van der Waals surface area contributed by atoms with Crippen molar-refractivity contribution in [3.63, 3.8) is 0 Å². The SMILES string of the molecule is Cc1ccc(N(c2cc(-c3ccccc3)sc2C(=O)NCC(=O)O)S(=O)O)cc1. The van der Waals surface area contributed by atoms with Crippen molar-refractivity contribution in [2.24, 2.45) is 0 Å². The lowest BCUT2D eigenvalue weighted by Gasteiger charge is -2.20. The number of carbonyl (C=O) groups is 2. The first-order chi connectivity index (χ1) is 13.9. The minimum atomic E-state index is -2.45. The van der Waals surface area contributed by atoms with Gasteiger partial charge in [0.1, 0.15) is 11.4 Å².